The van der Waals surface area contributed by atoms with Gasteiger partial charge in [0.15, 0.2) is 0 Å². The zero-order chi connectivity index (χ0) is 14.8. The van der Waals surface area contributed by atoms with Crippen LogP contribution in [0.1, 0.15) is 39.0 Å². The summed E-state index contributed by atoms with van der Waals surface area (Å²) in [6, 6.07) is 0. The lowest BCUT2D eigenvalue weighted by atomic mass is 10.0. The second-order valence-electron chi connectivity index (χ2n) is 6.26. The van der Waals surface area contributed by atoms with Crippen molar-refractivity contribution in [3.63, 3.8) is 0 Å². The van der Waals surface area contributed by atoms with Crippen molar-refractivity contribution in [1.29, 1.82) is 0 Å². The maximum absolute atomic E-state index is 12.4. The van der Waals surface area contributed by atoms with Crippen molar-refractivity contribution in [3.05, 3.63) is 0 Å². The average molecular weight is 302 g/mol. The van der Waals surface area contributed by atoms with Crippen LogP contribution >= 0.6 is 0 Å². The summed E-state index contributed by atoms with van der Waals surface area (Å²) in [6.07, 6.45) is 6.03. The minimum atomic E-state index is -3.10. The maximum Gasteiger partial charge on any atom is 0.222 e. The first kappa shape index (κ1) is 15.8. The Hall–Kier alpha value is -0.620. The van der Waals surface area contributed by atoms with E-state index in [1.165, 1.54) is 23.4 Å². The van der Waals surface area contributed by atoms with Gasteiger partial charge in [-0.05, 0) is 37.5 Å². The Morgan fingerprint density at radius 3 is 2.45 bits per heavy atom. The van der Waals surface area contributed by atoms with Crippen LogP contribution in [0.2, 0.25) is 0 Å². The van der Waals surface area contributed by atoms with E-state index in [4.69, 9.17) is 0 Å². The molecule has 116 valence electrons. The number of hydrogen-bond donors (Lipinski definition) is 0. The summed E-state index contributed by atoms with van der Waals surface area (Å²) in [5.74, 6) is 1.11. The standard InChI is InChI=1S/C14H26N2O3S/c1-3-7-15(10-12-4-5-12)14(17)9-13-6-8-16(11-13)20(2,18)19/h12-13H,3-11H2,1-2H3. The molecule has 0 aromatic heterocycles. The minimum Gasteiger partial charge on any atom is -0.342 e. The third-order valence-electron chi connectivity index (χ3n) is 4.20. The van der Waals surface area contributed by atoms with Crippen LogP contribution in [0.5, 0.6) is 0 Å². The zero-order valence-electron chi connectivity index (χ0n) is 12.5. The number of carbonyl (C=O) groups excluding carboxylic acids is 1. The fourth-order valence-corrected chi connectivity index (χ4v) is 3.76. The molecule has 0 bridgehead atoms. The van der Waals surface area contributed by atoms with Crippen molar-refractivity contribution in [2.24, 2.45) is 11.8 Å². The second kappa shape index (κ2) is 6.43. The minimum absolute atomic E-state index is 0.191. The number of carbonyl (C=O) groups is 1. The van der Waals surface area contributed by atoms with Crippen molar-refractivity contribution >= 4 is 15.9 Å². The number of hydrogen-bond acceptors (Lipinski definition) is 3. The molecule has 6 heteroatoms. The number of rotatable bonds is 7. The van der Waals surface area contributed by atoms with Gasteiger partial charge in [0.25, 0.3) is 0 Å². The largest absolute Gasteiger partial charge is 0.342 e. The third-order valence-corrected chi connectivity index (χ3v) is 5.47. The Bertz CT molecular complexity index is 445. The molecule has 1 saturated heterocycles. The first-order chi connectivity index (χ1) is 9.40. The topological polar surface area (TPSA) is 57.7 Å². The van der Waals surface area contributed by atoms with Crippen LogP contribution in [0.25, 0.3) is 0 Å². The Kier molecular flexibility index (Phi) is 5.07. The molecule has 1 saturated carbocycles. The van der Waals surface area contributed by atoms with E-state index >= 15 is 0 Å². The third kappa shape index (κ3) is 4.45. The number of sulfonamides is 1. The zero-order valence-corrected chi connectivity index (χ0v) is 13.4. The van der Waals surface area contributed by atoms with Crippen molar-refractivity contribution in [1.82, 2.24) is 9.21 Å². The van der Waals surface area contributed by atoms with Crippen molar-refractivity contribution in [2.75, 3.05) is 32.4 Å². The van der Waals surface area contributed by atoms with E-state index in [1.807, 2.05) is 4.90 Å². The average Bonchev–Trinajstić information content (AvgIpc) is 3.04. The lowest BCUT2D eigenvalue weighted by molar-refractivity contribution is -0.132. The van der Waals surface area contributed by atoms with E-state index in [0.29, 0.717) is 25.4 Å². The molecule has 0 aromatic rings. The van der Waals surface area contributed by atoms with Gasteiger partial charge in [0.05, 0.1) is 6.26 Å². The summed E-state index contributed by atoms with van der Waals surface area (Å²) < 4.78 is 24.5. The van der Waals surface area contributed by atoms with Crippen LogP contribution in [-0.4, -0.2) is 56.0 Å². The Morgan fingerprint density at radius 1 is 1.25 bits per heavy atom. The molecule has 20 heavy (non-hydrogen) atoms. The molecule has 1 aliphatic carbocycles. The number of amides is 1. The lowest BCUT2D eigenvalue weighted by Gasteiger charge is -2.23. The smallest absolute Gasteiger partial charge is 0.222 e. The first-order valence-corrected chi connectivity index (χ1v) is 9.48. The Morgan fingerprint density at radius 2 is 1.95 bits per heavy atom. The quantitative estimate of drug-likeness (QED) is 0.712. The molecule has 1 aliphatic heterocycles. The molecule has 0 N–H and O–H groups in total. The Labute approximate surface area is 122 Å². The van der Waals surface area contributed by atoms with Crippen molar-refractivity contribution in [3.8, 4) is 0 Å². The van der Waals surface area contributed by atoms with E-state index in [-0.39, 0.29) is 11.8 Å². The van der Waals surface area contributed by atoms with Crippen LogP contribution in [0.4, 0.5) is 0 Å². The molecule has 1 atom stereocenters. The summed E-state index contributed by atoms with van der Waals surface area (Å²) in [5.41, 5.74) is 0. The number of nitrogens with zero attached hydrogens (tertiary/aromatic N) is 2. The molecule has 5 nitrogen and oxygen atoms in total. The Balaban J connectivity index is 1.83. The monoisotopic (exact) mass is 302 g/mol. The van der Waals surface area contributed by atoms with Gasteiger partial charge in [-0.3, -0.25) is 4.79 Å². The van der Waals surface area contributed by atoms with Crippen LogP contribution in [0.3, 0.4) is 0 Å². The SMILES string of the molecule is CCCN(CC1CC1)C(=O)CC1CCN(S(C)(=O)=O)C1. The fraction of sp³-hybridized carbons (Fsp3) is 0.929. The van der Waals surface area contributed by atoms with Gasteiger partial charge in [0, 0.05) is 32.6 Å². The van der Waals surface area contributed by atoms with Gasteiger partial charge >= 0.3 is 0 Å². The van der Waals surface area contributed by atoms with Gasteiger partial charge < -0.3 is 4.90 Å². The fourth-order valence-electron chi connectivity index (χ4n) is 2.84. The normalized spacial score (nSPS) is 24.0. The summed E-state index contributed by atoms with van der Waals surface area (Å²) in [6.45, 7) is 4.89. The molecule has 1 heterocycles. The molecule has 1 unspecified atom stereocenters. The predicted octanol–water partition coefficient (Wildman–Crippen LogP) is 1.31. The molecule has 1 amide bonds. The molecule has 2 rings (SSSR count). The molecule has 2 aliphatic rings. The van der Waals surface area contributed by atoms with E-state index in [1.54, 1.807) is 0 Å². The first-order valence-electron chi connectivity index (χ1n) is 7.63. The summed E-state index contributed by atoms with van der Waals surface area (Å²) in [5, 5.41) is 0. The van der Waals surface area contributed by atoms with Crippen molar-refractivity contribution < 1.29 is 13.2 Å². The van der Waals surface area contributed by atoms with Gasteiger partial charge in [-0.1, -0.05) is 6.92 Å². The lowest BCUT2D eigenvalue weighted by Crippen LogP contribution is -2.35. The molecule has 2 fully saturated rings. The summed E-state index contributed by atoms with van der Waals surface area (Å²) in [4.78, 5) is 14.4. The van der Waals surface area contributed by atoms with E-state index in [0.717, 1.165) is 25.9 Å². The second-order valence-corrected chi connectivity index (χ2v) is 8.25. The molecule has 0 radical (unpaired) electrons. The highest BCUT2D eigenvalue weighted by Crippen LogP contribution is 2.30. The molecular weight excluding hydrogens is 276 g/mol. The highest BCUT2D eigenvalue weighted by atomic mass is 32.2. The summed E-state index contributed by atoms with van der Waals surface area (Å²) in [7, 11) is -3.10. The summed E-state index contributed by atoms with van der Waals surface area (Å²) >= 11 is 0. The predicted molar refractivity (Wildman–Crippen MR) is 78.7 cm³/mol. The van der Waals surface area contributed by atoms with Gasteiger partial charge in [0.2, 0.25) is 15.9 Å². The van der Waals surface area contributed by atoms with E-state index in [2.05, 4.69) is 6.92 Å². The van der Waals surface area contributed by atoms with Gasteiger partial charge in [0.1, 0.15) is 0 Å². The highest BCUT2D eigenvalue weighted by molar-refractivity contribution is 7.88. The van der Waals surface area contributed by atoms with Gasteiger partial charge in [-0.25, -0.2) is 12.7 Å². The van der Waals surface area contributed by atoms with Gasteiger partial charge in [-0.2, -0.15) is 0 Å². The molecular formula is C14H26N2O3S. The van der Waals surface area contributed by atoms with Crippen molar-refractivity contribution in [2.45, 2.75) is 39.0 Å². The van der Waals surface area contributed by atoms with Crippen LogP contribution < -0.4 is 0 Å². The highest BCUT2D eigenvalue weighted by Gasteiger charge is 2.32. The van der Waals surface area contributed by atoms with Crippen LogP contribution in [0.15, 0.2) is 0 Å². The van der Waals surface area contributed by atoms with Crippen LogP contribution in [-0.2, 0) is 14.8 Å². The maximum atomic E-state index is 12.4. The molecule has 0 spiro atoms. The van der Waals surface area contributed by atoms with Crippen LogP contribution in [0, 0.1) is 11.8 Å². The van der Waals surface area contributed by atoms with E-state index in [9.17, 15) is 13.2 Å². The molecule has 0 aromatic carbocycles. The van der Waals surface area contributed by atoms with Gasteiger partial charge in [-0.15, -0.1) is 0 Å². The van der Waals surface area contributed by atoms with E-state index < -0.39 is 10.0 Å².